The molecule has 1 rings (SSSR count). The number of aryl methyl sites for hydroxylation is 1. The Hall–Kier alpha value is -1.66. The van der Waals surface area contributed by atoms with Crippen LogP contribution in [0.4, 0.5) is 0 Å². The van der Waals surface area contributed by atoms with Gasteiger partial charge in [0, 0.05) is 25.4 Å². The number of nitrogens with two attached hydrogens (primary N) is 1. The average molecular weight is 252 g/mol. The fourth-order valence-corrected chi connectivity index (χ4v) is 1.40. The zero-order valence-electron chi connectivity index (χ0n) is 10.8. The van der Waals surface area contributed by atoms with E-state index in [1.165, 1.54) is 0 Å². The van der Waals surface area contributed by atoms with E-state index in [0.717, 1.165) is 0 Å². The maximum absolute atomic E-state index is 11.8. The van der Waals surface area contributed by atoms with Gasteiger partial charge in [-0.05, 0) is 6.92 Å². The van der Waals surface area contributed by atoms with Gasteiger partial charge in [-0.3, -0.25) is 9.48 Å². The van der Waals surface area contributed by atoms with Crippen LogP contribution < -0.4 is 11.1 Å². The largest absolute Gasteiger partial charge is 0.373 e. The Kier molecular flexibility index (Phi) is 5.54. The maximum atomic E-state index is 11.8. The predicted molar refractivity (Wildman–Crippen MR) is 68.8 cm³/mol. The third kappa shape index (κ3) is 4.31. The Balaban J connectivity index is 2.38. The quantitative estimate of drug-likeness (QED) is 0.676. The lowest BCUT2D eigenvalue weighted by Gasteiger charge is -2.15. The van der Waals surface area contributed by atoms with Gasteiger partial charge in [-0.15, -0.1) is 6.58 Å². The Morgan fingerprint density at radius 2 is 2.50 bits per heavy atom. The standard InChI is InChI=1S/C12H20N4O2/c1-4-5-18-9(2)6-14-12(17)11(13)10-7-15-16(3)8-10/h4,7-9,11H,1,5-6,13H2,2-3H3,(H,14,17). The zero-order chi connectivity index (χ0) is 13.5. The Bertz CT molecular complexity index is 403. The van der Waals surface area contributed by atoms with Crippen LogP contribution in [0, 0.1) is 0 Å². The van der Waals surface area contributed by atoms with E-state index >= 15 is 0 Å². The van der Waals surface area contributed by atoms with Crippen molar-refractivity contribution in [2.45, 2.75) is 19.1 Å². The van der Waals surface area contributed by atoms with Crippen molar-refractivity contribution >= 4 is 5.91 Å². The van der Waals surface area contributed by atoms with Crippen LogP contribution in [-0.4, -0.2) is 34.9 Å². The SMILES string of the molecule is C=CCOC(C)CNC(=O)C(N)c1cnn(C)c1. The molecule has 0 aliphatic carbocycles. The first-order valence-electron chi connectivity index (χ1n) is 5.79. The summed E-state index contributed by atoms with van der Waals surface area (Å²) in [6, 6.07) is -0.703. The number of carbonyl (C=O) groups excluding carboxylic acids is 1. The van der Waals surface area contributed by atoms with Crippen molar-refractivity contribution < 1.29 is 9.53 Å². The van der Waals surface area contributed by atoms with Crippen LogP contribution >= 0.6 is 0 Å². The highest BCUT2D eigenvalue weighted by molar-refractivity contribution is 5.82. The summed E-state index contributed by atoms with van der Waals surface area (Å²) in [6.45, 7) is 6.31. The minimum Gasteiger partial charge on any atom is -0.373 e. The van der Waals surface area contributed by atoms with E-state index in [4.69, 9.17) is 10.5 Å². The minimum absolute atomic E-state index is 0.0759. The van der Waals surface area contributed by atoms with Crippen molar-refractivity contribution in [3.8, 4) is 0 Å². The van der Waals surface area contributed by atoms with Gasteiger partial charge in [-0.25, -0.2) is 0 Å². The van der Waals surface area contributed by atoms with Gasteiger partial charge in [0.15, 0.2) is 0 Å². The summed E-state index contributed by atoms with van der Waals surface area (Å²) in [4.78, 5) is 11.8. The predicted octanol–water partition coefficient (Wildman–Crippen LogP) is 0.127. The molecular weight excluding hydrogens is 232 g/mol. The number of ether oxygens (including phenoxy) is 1. The van der Waals surface area contributed by atoms with Gasteiger partial charge in [0.25, 0.3) is 0 Å². The molecule has 6 nitrogen and oxygen atoms in total. The molecule has 1 amide bonds. The fourth-order valence-electron chi connectivity index (χ4n) is 1.40. The smallest absolute Gasteiger partial charge is 0.241 e. The Morgan fingerprint density at radius 3 is 3.06 bits per heavy atom. The van der Waals surface area contributed by atoms with Crippen LogP contribution in [0.1, 0.15) is 18.5 Å². The second-order valence-corrected chi connectivity index (χ2v) is 4.10. The van der Waals surface area contributed by atoms with Crippen molar-refractivity contribution in [3.63, 3.8) is 0 Å². The third-order valence-electron chi connectivity index (χ3n) is 2.43. The van der Waals surface area contributed by atoms with Crippen LogP contribution in [-0.2, 0) is 16.6 Å². The van der Waals surface area contributed by atoms with Gasteiger partial charge < -0.3 is 15.8 Å². The molecule has 0 aliphatic rings. The summed E-state index contributed by atoms with van der Waals surface area (Å²) in [5.74, 6) is -0.239. The second kappa shape index (κ2) is 6.93. The summed E-state index contributed by atoms with van der Waals surface area (Å²) in [6.07, 6.45) is 4.90. The number of rotatable bonds is 7. The molecule has 0 fully saturated rings. The van der Waals surface area contributed by atoms with Crippen molar-refractivity contribution in [2.24, 2.45) is 12.8 Å². The first kappa shape index (κ1) is 14.4. The lowest BCUT2D eigenvalue weighted by molar-refractivity contribution is -0.123. The summed E-state index contributed by atoms with van der Waals surface area (Å²) < 4.78 is 6.95. The second-order valence-electron chi connectivity index (χ2n) is 4.10. The van der Waals surface area contributed by atoms with E-state index in [9.17, 15) is 4.79 Å². The Morgan fingerprint density at radius 1 is 1.78 bits per heavy atom. The molecule has 0 saturated carbocycles. The van der Waals surface area contributed by atoms with Gasteiger partial charge >= 0.3 is 0 Å². The molecule has 0 aliphatic heterocycles. The molecule has 1 aromatic heterocycles. The van der Waals surface area contributed by atoms with Crippen LogP contribution in [0.5, 0.6) is 0 Å². The van der Waals surface area contributed by atoms with Crippen LogP contribution in [0.3, 0.4) is 0 Å². The molecule has 1 heterocycles. The van der Waals surface area contributed by atoms with Crippen molar-refractivity contribution in [2.75, 3.05) is 13.2 Å². The van der Waals surface area contributed by atoms with Gasteiger partial charge in [-0.1, -0.05) is 6.08 Å². The monoisotopic (exact) mass is 252 g/mol. The zero-order valence-corrected chi connectivity index (χ0v) is 10.8. The van der Waals surface area contributed by atoms with Crippen molar-refractivity contribution in [3.05, 3.63) is 30.6 Å². The van der Waals surface area contributed by atoms with Crippen molar-refractivity contribution in [1.82, 2.24) is 15.1 Å². The summed E-state index contributed by atoms with van der Waals surface area (Å²) in [5.41, 5.74) is 6.51. The fraction of sp³-hybridized carbons (Fsp3) is 0.500. The summed E-state index contributed by atoms with van der Waals surface area (Å²) >= 11 is 0. The highest BCUT2D eigenvalue weighted by Gasteiger charge is 2.17. The van der Waals surface area contributed by atoms with Crippen LogP contribution in [0.15, 0.2) is 25.0 Å². The number of amides is 1. The number of nitrogens with zero attached hydrogens (tertiary/aromatic N) is 2. The molecule has 2 unspecified atom stereocenters. The van der Waals surface area contributed by atoms with E-state index in [-0.39, 0.29) is 12.0 Å². The average Bonchev–Trinajstić information content (AvgIpc) is 2.79. The number of hydrogen-bond acceptors (Lipinski definition) is 4. The lowest BCUT2D eigenvalue weighted by Crippen LogP contribution is -2.38. The highest BCUT2D eigenvalue weighted by atomic mass is 16.5. The number of aromatic nitrogens is 2. The molecule has 2 atom stereocenters. The van der Waals surface area contributed by atoms with Gasteiger partial charge in [0.1, 0.15) is 6.04 Å². The maximum Gasteiger partial charge on any atom is 0.241 e. The molecule has 18 heavy (non-hydrogen) atoms. The number of nitrogens with one attached hydrogen (secondary N) is 1. The molecule has 0 saturated heterocycles. The van der Waals surface area contributed by atoms with E-state index in [1.807, 2.05) is 6.92 Å². The molecular formula is C12H20N4O2. The minimum atomic E-state index is -0.703. The van der Waals surface area contributed by atoms with Gasteiger partial charge in [0.2, 0.25) is 5.91 Å². The molecule has 6 heteroatoms. The number of carbonyl (C=O) groups is 1. The first-order chi connectivity index (χ1) is 8.54. The summed E-state index contributed by atoms with van der Waals surface area (Å²) in [7, 11) is 1.78. The van der Waals surface area contributed by atoms with Gasteiger partial charge in [0.05, 0.1) is 18.9 Å². The molecule has 0 bridgehead atoms. The lowest BCUT2D eigenvalue weighted by atomic mass is 10.1. The van der Waals surface area contributed by atoms with Gasteiger partial charge in [-0.2, -0.15) is 5.10 Å². The van der Waals surface area contributed by atoms with Crippen LogP contribution in [0.2, 0.25) is 0 Å². The van der Waals surface area contributed by atoms with E-state index < -0.39 is 6.04 Å². The first-order valence-corrected chi connectivity index (χ1v) is 5.79. The van der Waals surface area contributed by atoms with Crippen LogP contribution in [0.25, 0.3) is 0 Å². The molecule has 1 aromatic rings. The molecule has 100 valence electrons. The van der Waals surface area contributed by atoms with E-state index in [2.05, 4.69) is 17.0 Å². The Labute approximate surface area is 107 Å². The number of hydrogen-bond donors (Lipinski definition) is 2. The van der Waals surface area contributed by atoms with Crippen molar-refractivity contribution in [1.29, 1.82) is 0 Å². The van der Waals surface area contributed by atoms with E-state index in [1.54, 1.807) is 30.2 Å². The molecule has 0 radical (unpaired) electrons. The normalized spacial score (nSPS) is 13.9. The molecule has 0 aromatic carbocycles. The molecule has 0 spiro atoms. The molecule has 3 N–H and O–H groups in total. The topological polar surface area (TPSA) is 82.2 Å². The highest BCUT2D eigenvalue weighted by Crippen LogP contribution is 2.08. The summed E-state index contributed by atoms with van der Waals surface area (Å²) in [5, 5.41) is 6.72. The van der Waals surface area contributed by atoms with E-state index in [0.29, 0.717) is 18.7 Å². The third-order valence-corrected chi connectivity index (χ3v) is 2.43.